The lowest BCUT2D eigenvalue weighted by Gasteiger charge is -2.02. The topological polar surface area (TPSA) is 51.8 Å². The zero-order valence-electron chi connectivity index (χ0n) is 10.2. The molecule has 0 aliphatic carbocycles. The second-order valence-electron chi connectivity index (χ2n) is 3.68. The maximum atomic E-state index is 11.4. The van der Waals surface area contributed by atoms with Gasteiger partial charge in [-0.2, -0.15) is 0 Å². The molecule has 0 atom stereocenters. The Morgan fingerprint density at radius 3 is 2.70 bits per heavy atom. The molecule has 2 aromatic rings. The number of esters is 1. The molecule has 0 fully saturated rings. The van der Waals surface area contributed by atoms with Gasteiger partial charge in [-0.1, -0.05) is 11.6 Å². The average Bonchev–Trinajstić information content (AvgIpc) is 2.75. The zero-order chi connectivity index (χ0) is 14.7. The van der Waals surface area contributed by atoms with Crippen molar-refractivity contribution in [3.63, 3.8) is 0 Å². The predicted molar refractivity (Wildman–Crippen MR) is 84.2 cm³/mol. The maximum absolute atomic E-state index is 11.4. The predicted octanol–water partition coefficient (Wildman–Crippen LogP) is 5.00. The van der Waals surface area contributed by atoms with Gasteiger partial charge in [0.05, 0.1) is 34.1 Å². The van der Waals surface area contributed by atoms with Gasteiger partial charge in [0.25, 0.3) is 0 Å². The summed E-state index contributed by atoms with van der Waals surface area (Å²) < 4.78 is 11.4. The van der Waals surface area contributed by atoms with Gasteiger partial charge >= 0.3 is 5.97 Å². The molecule has 20 heavy (non-hydrogen) atoms. The average molecular weight is 421 g/mol. The molecule has 2 rings (SSSR count). The number of furan rings is 1. The van der Waals surface area contributed by atoms with E-state index in [0.717, 1.165) is 4.47 Å². The second-order valence-corrected chi connectivity index (χ2v) is 5.67. The molecule has 7 heteroatoms. The number of benzene rings is 1. The van der Waals surface area contributed by atoms with Gasteiger partial charge in [0.1, 0.15) is 5.76 Å². The summed E-state index contributed by atoms with van der Waals surface area (Å²) in [7, 11) is 1.30. The minimum atomic E-state index is -0.482. The molecule has 1 aromatic heterocycles. The molecule has 0 N–H and O–H groups in total. The van der Waals surface area contributed by atoms with Gasteiger partial charge in [0.2, 0.25) is 0 Å². The third-order valence-electron chi connectivity index (χ3n) is 2.36. The molecule has 0 amide bonds. The molecule has 0 bridgehead atoms. The van der Waals surface area contributed by atoms with Crippen LogP contribution in [0, 0.1) is 0 Å². The number of carbonyl (C=O) groups is 1. The summed E-state index contributed by atoms with van der Waals surface area (Å²) in [5.41, 5.74) is 0.905. The highest BCUT2D eigenvalue weighted by atomic mass is 79.9. The second kappa shape index (κ2) is 6.56. The van der Waals surface area contributed by atoms with Crippen molar-refractivity contribution in [3.8, 4) is 0 Å². The summed E-state index contributed by atoms with van der Waals surface area (Å²) in [5, 5.41) is 0.285. The van der Waals surface area contributed by atoms with Crippen LogP contribution in [0.2, 0.25) is 5.02 Å². The third-order valence-corrected chi connectivity index (χ3v) is 4.39. The fourth-order valence-corrected chi connectivity index (χ4v) is 2.28. The quantitative estimate of drug-likeness (QED) is 0.518. The van der Waals surface area contributed by atoms with Gasteiger partial charge in [0.15, 0.2) is 4.67 Å². The van der Waals surface area contributed by atoms with E-state index in [1.54, 1.807) is 30.5 Å². The molecule has 1 heterocycles. The summed E-state index contributed by atoms with van der Waals surface area (Å²) >= 11 is 12.6. The van der Waals surface area contributed by atoms with Crippen molar-refractivity contribution in [1.82, 2.24) is 0 Å². The number of hydrogen-bond acceptors (Lipinski definition) is 4. The van der Waals surface area contributed by atoms with Gasteiger partial charge in [-0.3, -0.25) is 4.99 Å². The number of methoxy groups -OCH3 is 1. The van der Waals surface area contributed by atoms with E-state index in [1.807, 2.05) is 0 Å². The number of nitrogens with zero attached hydrogens (tertiary/aromatic N) is 1. The maximum Gasteiger partial charge on any atom is 0.339 e. The first-order valence-electron chi connectivity index (χ1n) is 5.38. The van der Waals surface area contributed by atoms with Crippen LogP contribution in [-0.2, 0) is 4.74 Å². The van der Waals surface area contributed by atoms with Gasteiger partial charge in [-0.05, 0) is 50.1 Å². The summed E-state index contributed by atoms with van der Waals surface area (Å²) in [6.45, 7) is 0. The van der Waals surface area contributed by atoms with Crippen LogP contribution in [0.25, 0.3) is 0 Å². The molecule has 4 nitrogen and oxygen atoms in total. The SMILES string of the molecule is COC(=O)c1ccc(N=Cc2cc(Br)c(Br)o2)cc1Cl. The normalized spacial score (nSPS) is 11.0. The number of halogens is 3. The molecule has 0 spiro atoms. The largest absolute Gasteiger partial charge is 0.465 e. The van der Waals surface area contributed by atoms with Crippen LogP contribution in [0.15, 0.2) is 42.8 Å². The van der Waals surface area contributed by atoms with Crippen molar-refractivity contribution < 1.29 is 13.9 Å². The van der Waals surface area contributed by atoms with Crippen molar-refractivity contribution in [2.24, 2.45) is 4.99 Å². The first-order valence-corrected chi connectivity index (χ1v) is 7.34. The van der Waals surface area contributed by atoms with Crippen molar-refractivity contribution in [2.75, 3.05) is 7.11 Å². The van der Waals surface area contributed by atoms with E-state index in [1.165, 1.54) is 7.11 Å². The van der Waals surface area contributed by atoms with Crippen LogP contribution < -0.4 is 0 Å². The molecular formula is C13H8Br2ClNO3. The Bertz CT molecular complexity index is 663. The number of hydrogen-bond donors (Lipinski definition) is 0. The van der Waals surface area contributed by atoms with Gasteiger partial charge in [-0.25, -0.2) is 4.79 Å². The van der Waals surface area contributed by atoms with Crippen LogP contribution in [-0.4, -0.2) is 19.3 Å². The highest BCUT2D eigenvalue weighted by Crippen LogP contribution is 2.27. The summed E-state index contributed by atoms with van der Waals surface area (Å²) in [6, 6.07) is 6.59. The molecule has 0 unspecified atom stereocenters. The Balaban J connectivity index is 2.22. The van der Waals surface area contributed by atoms with Crippen LogP contribution in [0.1, 0.15) is 16.1 Å². The number of rotatable bonds is 3. The number of aliphatic imine (C=N–C) groups is 1. The minimum absolute atomic E-state index is 0.285. The molecule has 0 aliphatic rings. The Kier molecular flexibility index (Phi) is 5.01. The summed E-state index contributed by atoms with van der Waals surface area (Å²) in [6.07, 6.45) is 1.55. The zero-order valence-corrected chi connectivity index (χ0v) is 14.1. The fourth-order valence-electron chi connectivity index (χ4n) is 1.42. The first-order chi connectivity index (χ1) is 9.51. The highest BCUT2D eigenvalue weighted by Gasteiger charge is 2.10. The number of carbonyl (C=O) groups excluding carboxylic acids is 1. The number of ether oxygens (including phenoxy) is 1. The van der Waals surface area contributed by atoms with Gasteiger partial charge in [0, 0.05) is 6.07 Å². The molecule has 0 radical (unpaired) electrons. The van der Waals surface area contributed by atoms with Crippen molar-refractivity contribution >= 4 is 61.3 Å². The van der Waals surface area contributed by atoms with E-state index >= 15 is 0 Å². The minimum Gasteiger partial charge on any atom is -0.465 e. The molecule has 0 saturated heterocycles. The summed E-state index contributed by atoms with van der Waals surface area (Å²) in [5.74, 6) is 0.0985. The monoisotopic (exact) mass is 419 g/mol. The molecule has 104 valence electrons. The van der Waals surface area contributed by atoms with Crippen molar-refractivity contribution in [1.29, 1.82) is 0 Å². The van der Waals surface area contributed by atoms with Crippen LogP contribution >= 0.6 is 43.5 Å². The smallest absolute Gasteiger partial charge is 0.339 e. The van der Waals surface area contributed by atoms with E-state index in [4.69, 9.17) is 16.0 Å². The molecule has 0 aliphatic heterocycles. The lowest BCUT2D eigenvalue weighted by Crippen LogP contribution is -2.01. The van der Waals surface area contributed by atoms with Crippen molar-refractivity contribution in [2.45, 2.75) is 0 Å². The van der Waals surface area contributed by atoms with Gasteiger partial charge in [-0.15, -0.1) is 0 Å². The lowest BCUT2D eigenvalue weighted by atomic mass is 10.2. The van der Waals surface area contributed by atoms with Crippen molar-refractivity contribution in [3.05, 3.63) is 49.8 Å². The third kappa shape index (κ3) is 3.50. The van der Waals surface area contributed by atoms with E-state index in [-0.39, 0.29) is 5.02 Å². The summed E-state index contributed by atoms with van der Waals surface area (Å²) in [4.78, 5) is 15.6. The van der Waals surface area contributed by atoms with E-state index in [9.17, 15) is 4.79 Å². The molecular weight excluding hydrogens is 413 g/mol. The standard InChI is InChI=1S/C13H8Br2ClNO3/c1-19-13(18)9-3-2-7(4-11(9)16)17-6-8-5-10(14)12(15)20-8/h2-6H,1H3. The van der Waals surface area contributed by atoms with Crippen LogP contribution in [0.3, 0.4) is 0 Å². The Morgan fingerprint density at radius 2 is 2.15 bits per heavy atom. The Morgan fingerprint density at radius 1 is 1.40 bits per heavy atom. The fraction of sp³-hybridized carbons (Fsp3) is 0.0769. The lowest BCUT2D eigenvalue weighted by molar-refractivity contribution is 0.0601. The molecule has 1 aromatic carbocycles. The van der Waals surface area contributed by atoms with Gasteiger partial charge < -0.3 is 9.15 Å². The van der Waals surface area contributed by atoms with Crippen LogP contribution in [0.5, 0.6) is 0 Å². The highest BCUT2D eigenvalue weighted by molar-refractivity contribution is 9.13. The van der Waals surface area contributed by atoms with E-state index in [2.05, 4.69) is 41.6 Å². The molecule has 0 saturated carbocycles. The first kappa shape index (κ1) is 15.3. The Labute approximate surface area is 137 Å². The van der Waals surface area contributed by atoms with E-state index in [0.29, 0.717) is 21.7 Å². The Hall–Kier alpha value is -1.11. The van der Waals surface area contributed by atoms with Crippen LogP contribution in [0.4, 0.5) is 5.69 Å². The van der Waals surface area contributed by atoms with E-state index < -0.39 is 5.97 Å².